The molecule has 0 spiro atoms. The molecule has 0 heterocycles. The maximum atomic E-state index is 9.98. The molecule has 0 aliphatic rings. The molecule has 0 saturated heterocycles. The van der Waals surface area contributed by atoms with Gasteiger partial charge in [-0.15, -0.1) is 12.2 Å². The fraction of sp³-hybridized carbons (Fsp3) is 0.933. The molecular weight excluding hydrogens is 271 g/mol. The third-order valence-corrected chi connectivity index (χ3v) is 1.73. The van der Waals surface area contributed by atoms with Crippen LogP contribution in [0, 0.1) is 0 Å². The van der Waals surface area contributed by atoms with Gasteiger partial charge in [-0.25, -0.2) is 0 Å². The van der Waals surface area contributed by atoms with Gasteiger partial charge in [-0.1, -0.05) is 66.7 Å². The molecule has 0 aliphatic carbocycles. The normalized spacial score (nSPS) is 9.05. The first-order chi connectivity index (χ1) is 8.73. The van der Waals surface area contributed by atoms with Gasteiger partial charge in [0, 0.05) is 5.97 Å². The predicted molar refractivity (Wildman–Crippen MR) is 79.0 cm³/mol. The van der Waals surface area contributed by atoms with Gasteiger partial charge >= 0.3 is 17.4 Å². The Morgan fingerprint density at radius 3 is 1.45 bits per heavy atom. The predicted octanol–water partition coefficient (Wildman–Crippen LogP) is 0.616. The van der Waals surface area contributed by atoms with Gasteiger partial charge in [-0.3, -0.25) is 0 Å². The van der Waals surface area contributed by atoms with Crippen LogP contribution in [0.15, 0.2) is 0 Å². The fourth-order valence-corrected chi connectivity index (χ4v) is 1.05. The van der Waals surface area contributed by atoms with Crippen molar-refractivity contribution in [2.75, 3.05) is 0 Å². The van der Waals surface area contributed by atoms with Crippen molar-refractivity contribution in [3.8, 4) is 0 Å². The minimum atomic E-state index is -0.916. The Labute approximate surface area is 135 Å². The molecule has 0 rings (SSSR count). The molecule has 0 amide bonds. The Morgan fingerprint density at radius 1 is 0.850 bits per heavy atom. The SMILES string of the molecule is CC(C)[O-].CC(C)[O-].CCCCCCCCC(=O)[O-].[Al+3]. The van der Waals surface area contributed by atoms with Gasteiger partial charge in [0.05, 0.1) is 0 Å². The van der Waals surface area contributed by atoms with Crippen molar-refractivity contribution in [3.05, 3.63) is 0 Å². The minimum Gasteiger partial charge on any atom is -0.852 e. The summed E-state index contributed by atoms with van der Waals surface area (Å²) in [7, 11) is 0. The number of aliphatic carboxylic acids is 1. The van der Waals surface area contributed by atoms with Gasteiger partial charge in [-0.2, -0.15) is 0 Å². The van der Waals surface area contributed by atoms with Gasteiger partial charge in [-0.05, 0) is 12.8 Å². The molecule has 0 fully saturated rings. The number of unbranched alkanes of at least 4 members (excludes halogenated alkanes) is 5. The molecule has 0 N–H and O–H groups in total. The molecule has 0 aliphatic heterocycles. The van der Waals surface area contributed by atoms with E-state index in [4.69, 9.17) is 0 Å². The van der Waals surface area contributed by atoms with Gasteiger partial charge in [0.1, 0.15) is 0 Å². The van der Waals surface area contributed by atoms with E-state index in [1.807, 2.05) is 0 Å². The molecule has 4 nitrogen and oxygen atoms in total. The van der Waals surface area contributed by atoms with Gasteiger partial charge in [0.25, 0.3) is 0 Å². The molecule has 118 valence electrons. The summed E-state index contributed by atoms with van der Waals surface area (Å²) in [4.78, 5) is 9.98. The van der Waals surface area contributed by atoms with E-state index in [9.17, 15) is 20.1 Å². The summed E-state index contributed by atoms with van der Waals surface area (Å²) in [6.07, 6.45) is 6.13. The van der Waals surface area contributed by atoms with Gasteiger partial charge < -0.3 is 20.1 Å². The molecular formula is C15H31AlO4. The Kier molecular flexibility index (Phi) is 33.7. The second-order valence-corrected chi connectivity index (χ2v) is 4.99. The van der Waals surface area contributed by atoms with Crippen molar-refractivity contribution in [2.45, 2.75) is 91.8 Å². The van der Waals surface area contributed by atoms with Gasteiger partial charge in [0.2, 0.25) is 0 Å². The number of rotatable bonds is 7. The monoisotopic (exact) mass is 302 g/mol. The zero-order chi connectivity index (χ0) is 15.7. The van der Waals surface area contributed by atoms with E-state index < -0.39 is 18.2 Å². The number of hydrogen-bond acceptors (Lipinski definition) is 4. The molecule has 0 atom stereocenters. The summed E-state index contributed by atoms with van der Waals surface area (Å²) in [6, 6.07) is 0. The van der Waals surface area contributed by atoms with Crippen molar-refractivity contribution in [2.24, 2.45) is 0 Å². The van der Waals surface area contributed by atoms with Crippen molar-refractivity contribution in [1.29, 1.82) is 0 Å². The molecule has 0 aromatic heterocycles. The van der Waals surface area contributed by atoms with Crippen LogP contribution in [0.25, 0.3) is 0 Å². The van der Waals surface area contributed by atoms with E-state index in [1.54, 1.807) is 27.7 Å². The smallest absolute Gasteiger partial charge is 0.852 e. The summed E-state index contributed by atoms with van der Waals surface area (Å²) in [5.41, 5.74) is 0. The summed E-state index contributed by atoms with van der Waals surface area (Å²) in [5.74, 6) is -0.916. The molecule has 0 saturated carbocycles. The zero-order valence-corrected chi connectivity index (χ0v) is 15.0. The van der Waals surface area contributed by atoms with Crippen molar-refractivity contribution in [1.82, 2.24) is 0 Å². The third-order valence-electron chi connectivity index (χ3n) is 1.73. The number of carboxylic acid groups (broad SMARTS) is 1. The first kappa shape index (κ1) is 28.1. The van der Waals surface area contributed by atoms with Crippen LogP contribution in [-0.2, 0) is 4.79 Å². The van der Waals surface area contributed by atoms with Crippen LogP contribution in [0.5, 0.6) is 0 Å². The Hall–Kier alpha value is -0.0775. The van der Waals surface area contributed by atoms with E-state index >= 15 is 0 Å². The van der Waals surface area contributed by atoms with E-state index in [0.29, 0.717) is 0 Å². The summed E-state index contributed by atoms with van der Waals surface area (Å²) < 4.78 is 0. The molecule has 0 bridgehead atoms. The third kappa shape index (κ3) is 81.8. The zero-order valence-electron chi connectivity index (χ0n) is 13.8. The quantitative estimate of drug-likeness (QED) is 0.509. The van der Waals surface area contributed by atoms with Crippen LogP contribution < -0.4 is 15.3 Å². The number of carbonyl (C=O) groups is 1. The van der Waals surface area contributed by atoms with Crippen LogP contribution >= 0.6 is 0 Å². The van der Waals surface area contributed by atoms with E-state index in [1.165, 1.54) is 25.7 Å². The van der Waals surface area contributed by atoms with Gasteiger partial charge in [0.15, 0.2) is 0 Å². The van der Waals surface area contributed by atoms with Crippen molar-refractivity contribution < 1.29 is 20.1 Å². The molecule has 5 heteroatoms. The first-order valence-corrected chi connectivity index (χ1v) is 7.25. The Bertz CT molecular complexity index is 162. The summed E-state index contributed by atoms with van der Waals surface area (Å²) in [6.45, 7) is 8.61. The Balaban J connectivity index is -0.000000119. The topological polar surface area (TPSA) is 86.2 Å². The van der Waals surface area contributed by atoms with E-state index in [2.05, 4.69) is 6.92 Å². The number of carbonyl (C=O) groups excluding carboxylic acids is 1. The average molecular weight is 302 g/mol. The molecule has 0 unspecified atom stereocenters. The second kappa shape index (κ2) is 24.0. The maximum absolute atomic E-state index is 9.98. The molecule has 20 heavy (non-hydrogen) atoms. The van der Waals surface area contributed by atoms with Crippen molar-refractivity contribution >= 4 is 23.3 Å². The van der Waals surface area contributed by atoms with Crippen LogP contribution in [0.1, 0.15) is 79.6 Å². The number of hydrogen-bond donors (Lipinski definition) is 0. The fourth-order valence-electron chi connectivity index (χ4n) is 1.05. The van der Waals surface area contributed by atoms with Crippen LogP contribution in [0.3, 0.4) is 0 Å². The number of carboxylic acids is 1. The largest absolute Gasteiger partial charge is 3.00 e. The molecule has 0 radical (unpaired) electrons. The summed E-state index contributed by atoms with van der Waals surface area (Å²) >= 11 is 0. The minimum absolute atomic E-state index is 0. The van der Waals surface area contributed by atoms with Crippen LogP contribution in [0.4, 0.5) is 0 Å². The van der Waals surface area contributed by atoms with E-state index in [-0.39, 0.29) is 23.8 Å². The average Bonchev–Trinajstić information content (AvgIpc) is 2.21. The summed E-state index contributed by atoms with van der Waals surface area (Å²) in [5, 5.41) is 29.0. The van der Waals surface area contributed by atoms with Crippen LogP contribution in [-0.4, -0.2) is 35.5 Å². The molecule has 0 aromatic carbocycles. The standard InChI is InChI=1S/C9H18O2.2C3H7O.Al/c1-2-3-4-5-6-7-8-9(10)11;2*1-3(2)4;/h2-8H2,1H3,(H,10,11);2*3H,1-2H3;/q;2*-1;+3/p-1. The molecule has 0 aromatic rings. The van der Waals surface area contributed by atoms with E-state index in [0.717, 1.165) is 12.8 Å². The second-order valence-electron chi connectivity index (χ2n) is 4.99. The first-order valence-electron chi connectivity index (χ1n) is 7.25. The van der Waals surface area contributed by atoms with Crippen molar-refractivity contribution in [3.63, 3.8) is 0 Å². The van der Waals surface area contributed by atoms with Crippen LogP contribution in [0.2, 0.25) is 0 Å². The Morgan fingerprint density at radius 2 is 1.15 bits per heavy atom. The maximum Gasteiger partial charge on any atom is 3.00 e.